The van der Waals surface area contributed by atoms with E-state index in [9.17, 15) is 14.3 Å². The van der Waals surface area contributed by atoms with Crippen molar-refractivity contribution in [1.29, 1.82) is 0 Å². The number of nitrogen functional groups attached to an aromatic ring is 1. The van der Waals surface area contributed by atoms with Gasteiger partial charge in [0.05, 0.1) is 19.0 Å². The normalized spacial score (nSPS) is 15.4. The zero-order valence-corrected chi connectivity index (χ0v) is 23.6. The summed E-state index contributed by atoms with van der Waals surface area (Å²) in [6.07, 6.45) is 8.20. The number of allylic oxidation sites excluding steroid dienone is 3. The largest absolute Gasteiger partial charge is 0.460 e. The molecule has 12 heteroatoms. The Kier molecular flexibility index (Phi) is 11.9. The van der Waals surface area contributed by atoms with Crippen LogP contribution in [0.25, 0.3) is 11.2 Å². The molecule has 0 saturated carbocycles. The van der Waals surface area contributed by atoms with Gasteiger partial charge in [0.2, 0.25) is 0 Å². The summed E-state index contributed by atoms with van der Waals surface area (Å²) in [6, 6.07) is -0.925. The SMILES string of the molecule is CC(C)=CCC/C(C)=C/COC(=O)[C@@H](CC(C)C)NP(=O)(O)CO[C@H](C)Cn1cnc2c(N)ncnc21. The van der Waals surface area contributed by atoms with Crippen LogP contribution >= 0.6 is 7.52 Å². The number of nitrogens with two attached hydrogens (primary N) is 1. The first-order valence-corrected chi connectivity index (χ1v) is 14.3. The third-order valence-corrected chi connectivity index (χ3v) is 6.73. The van der Waals surface area contributed by atoms with Crippen LogP contribution in [0.1, 0.15) is 60.8 Å². The standard InChI is InChI=1S/C25H41N6O5P/c1-17(2)8-7-9-19(5)10-11-35-25(32)21(12-18(3)4)30-37(33,34)16-36-20(6)13-31-15-29-22-23(26)27-14-28-24(22)31/h8,10,14-15,18,20-21H,7,9,11-13,16H2,1-6H3,(H2,26,27,28)(H2,30,33,34)/b19-10+/t20-,21-/m1/s1. The molecular weight excluding hydrogens is 495 g/mol. The summed E-state index contributed by atoms with van der Waals surface area (Å²) in [7, 11) is -4.00. The van der Waals surface area contributed by atoms with Crippen LogP contribution in [0.4, 0.5) is 5.82 Å². The number of aromatic nitrogens is 4. The van der Waals surface area contributed by atoms with Gasteiger partial charge >= 0.3 is 5.97 Å². The third-order valence-electron chi connectivity index (χ3n) is 5.52. The molecule has 0 spiro atoms. The zero-order valence-electron chi connectivity index (χ0n) is 22.7. The molecule has 37 heavy (non-hydrogen) atoms. The van der Waals surface area contributed by atoms with Crippen molar-refractivity contribution in [1.82, 2.24) is 24.6 Å². The summed E-state index contributed by atoms with van der Waals surface area (Å²) in [5.41, 5.74) is 9.24. The fraction of sp³-hybridized carbons (Fsp3) is 0.600. The molecule has 0 aliphatic heterocycles. The smallest absolute Gasteiger partial charge is 0.323 e. The first kappa shape index (κ1) is 30.6. The Hall–Kier alpha value is -2.59. The number of rotatable bonds is 15. The first-order chi connectivity index (χ1) is 17.4. The number of imidazole rings is 1. The lowest BCUT2D eigenvalue weighted by atomic mass is 10.1. The van der Waals surface area contributed by atoms with Crippen molar-refractivity contribution in [3.63, 3.8) is 0 Å². The number of fused-ring (bicyclic) bond motifs is 1. The van der Waals surface area contributed by atoms with Gasteiger partial charge in [0.15, 0.2) is 11.5 Å². The van der Waals surface area contributed by atoms with E-state index in [0.29, 0.717) is 24.1 Å². The van der Waals surface area contributed by atoms with E-state index >= 15 is 0 Å². The van der Waals surface area contributed by atoms with E-state index in [1.807, 2.05) is 26.8 Å². The molecule has 4 N–H and O–H groups in total. The number of carbonyl (C=O) groups is 1. The van der Waals surface area contributed by atoms with Crippen LogP contribution in [0.2, 0.25) is 0 Å². The average Bonchev–Trinajstić information content (AvgIpc) is 3.20. The van der Waals surface area contributed by atoms with Crippen molar-refractivity contribution in [2.24, 2.45) is 5.92 Å². The highest BCUT2D eigenvalue weighted by molar-refractivity contribution is 7.55. The summed E-state index contributed by atoms with van der Waals surface area (Å²) in [5, 5.41) is 2.59. The van der Waals surface area contributed by atoms with Gasteiger partial charge in [-0.3, -0.25) is 9.36 Å². The maximum atomic E-state index is 12.9. The molecule has 2 rings (SSSR count). The molecule has 0 amide bonds. The lowest BCUT2D eigenvalue weighted by molar-refractivity contribution is -0.144. The second-order valence-electron chi connectivity index (χ2n) is 9.95. The van der Waals surface area contributed by atoms with Crippen molar-refractivity contribution >= 4 is 30.5 Å². The van der Waals surface area contributed by atoms with Crippen LogP contribution in [0, 0.1) is 5.92 Å². The number of anilines is 1. The predicted molar refractivity (Wildman–Crippen MR) is 145 cm³/mol. The Morgan fingerprint density at radius 2 is 1.95 bits per heavy atom. The Morgan fingerprint density at radius 3 is 2.62 bits per heavy atom. The van der Waals surface area contributed by atoms with E-state index in [2.05, 4.69) is 40.0 Å². The lowest BCUT2D eigenvalue weighted by Crippen LogP contribution is -2.38. The van der Waals surface area contributed by atoms with E-state index in [0.717, 1.165) is 18.4 Å². The van der Waals surface area contributed by atoms with E-state index < -0.39 is 32.0 Å². The topological polar surface area (TPSA) is 154 Å². The number of nitrogens with one attached hydrogen (secondary N) is 1. The molecule has 2 aromatic heterocycles. The zero-order chi connectivity index (χ0) is 27.6. The number of esters is 1. The maximum absolute atomic E-state index is 12.9. The van der Waals surface area contributed by atoms with Gasteiger partial charge in [0.25, 0.3) is 7.52 Å². The van der Waals surface area contributed by atoms with Crippen LogP contribution in [0.5, 0.6) is 0 Å². The van der Waals surface area contributed by atoms with Crippen molar-refractivity contribution in [3.8, 4) is 0 Å². The first-order valence-electron chi connectivity index (χ1n) is 12.5. The minimum Gasteiger partial charge on any atom is -0.460 e. The minimum atomic E-state index is -4.00. The number of carbonyl (C=O) groups excluding carboxylic acids is 1. The molecule has 206 valence electrons. The number of ether oxygens (including phenoxy) is 2. The van der Waals surface area contributed by atoms with Crippen LogP contribution in [-0.4, -0.2) is 55.5 Å². The maximum Gasteiger partial charge on any atom is 0.323 e. The highest BCUT2D eigenvalue weighted by atomic mass is 31.2. The molecule has 11 nitrogen and oxygen atoms in total. The monoisotopic (exact) mass is 536 g/mol. The summed E-state index contributed by atoms with van der Waals surface area (Å²) in [6.45, 7) is 12.2. The molecule has 3 atom stereocenters. The van der Waals surface area contributed by atoms with Gasteiger partial charge in [-0.2, -0.15) is 0 Å². The van der Waals surface area contributed by atoms with Crippen molar-refractivity contribution < 1.29 is 23.7 Å². The summed E-state index contributed by atoms with van der Waals surface area (Å²) in [5.74, 6) is -0.180. The Morgan fingerprint density at radius 1 is 1.22 bits per heavy atom. The Balaban J connectivity index is 1.90. The minimum absolute atomic E-state index is 0.107. The Labute approximate surface area is 219 Å². The van der Waals surface area contributed by atoms with E-state index in [4.69, 9.17) is 15.2 Å². The number of hydrogen-bond acceptors (Lipinski definition) is 8. The van der Waals surface area contributed by atoms with Crippen LogP contribution in [0.15, 0.2) is 36.0 Å². The van der Waals surface area contributed by atoms with E-state index in [-0.39, 0.29) is 18.3 Å². The average molecular weight is 537 g/mol. The van der Waals surface area contributed by atoms with E-state index in [1.165, 1.54) is 11.9 Å². The summed E-state index contributed by atoms with van der Waals surface area (Å²) in [4.78, 5) is 35.5. The molecule has 0 saturated heterocycles. The van der Waals surface area contributed by atoms with Gasteiger partial charge in [-0.15, -0.1) is 0 Å². The second kappa shape index (κ2) is 14.4. The molecule has 0 aliphatic carbocycles. The van der Waals surface area contributed by atoms with Crippen molar-refractivity contribution in [3.05, 3.63) is 36.0 Å². The van der Waals surface area contributed by atoms with Crippen LogP contribution in [0.3, 0.4) is 0 Å². The third kappa shape index (κ3) is 10.7. The highest BCUT2D eigenvalue weighted by Gasteiger charge is 2.30. The van der Waals surface area contributed by atoms with Crippen LogP contribution < -0.4 is 10.8 Å². The summed E-state index contributed by atoms with van der Waals surface area (Å²) >= 11 is 0. The molecule has 0 aliphatic rings. The molecular formula is C25H41N6O5P. The van der Waals surface area contributed by atoms with Gasteiger partial charge in [-0.05, 0) is 59.0 Å². The highest BCUT2D eigenvalue weighted by Crippen LogP contribution is 2.37. The van der Waals surface area contributed by atoms with Gasteiger partial charge < -0.3 is 24.7 Å². The van der Waals surface area contributed by atoms with Gasteiger partial charge in [0.1, 0.15) is 30.8 Å². The fourth-order valence-electron chi connectivity index (χ4n) is 3.60. The molecule has 0 fully saturated rings. The Bertz CT molecular complexity index is 1140. The van der Waals surface area contributed by atoms with Gasteiger partial charge in [0, 0.05) is 0 Å². The molecule has 2 heterocycles. The fourth-order valence-corrected chi connectivity index (χ4v) is 4.83. The van der Waals surface area contributed by atoms with E-state index in [1.54, 1.807) is 17.8 Å². The van der Waals surface area contributed by atoms with Crippen molar-refractivity contribution in [2.45, 2.75) is 79.5 Å². The van der Waals surface area contributed by atoms with Crippen LogP contribution in [-0.2, 0) is 25.4 Å². The van der Waals surface area contributed by atoms with Crippen molar-refractivity contribution in [2.75, 3.05) is 18.7 Å². The lowest BCUT2D eigenvalue weighted by Gasteiger charge is -2.23. The number of nitrogens with zero attached hydrogens (tertiary/aromatic N) is 4. The quantitative estimate of drug-likeness (QED) is 0.171. The molecule has 0 aromatic carbocycles. The number of hydrogen-bond donors (Lipinski definition) is 3. The summed E-state index contributed by atoms with van der Waals surface area (Å²) < 4.78 is 25.6. The second-order valence-corrected chi connectivity index (χ2v) is 11.9. The molecule has 1 unspecified atom stereocenters. The molecule has 0 radical (unpaired) electrons. The van der Waals surface area contributed by atoms with Gasteiger partial charge in [-0.1, -0.05) is 31.1 Å². The predicted octanol–water partition coefficient (Wildman–Crippen LogP) is 4.20. The molecule has 0 bridgehead atoms. The van der Waals surface area contributed by atoms with Gasteiger partial charge in [-0.25, -0.2) is 20.0 Å². The molecule has 2 aromatic rings.